The lowest BCUT2D eigenvalue weighted by atomic mass is 9.49. The molecule has 5 aliphatic rings. The molecular weight excluding hydrogens is 392 g/mol. The van der Waals surface area contributed by atoms with E-state index in [2.05, 4.69) is 9.88 Å². The summed E-state index contributed by atoms with van der Waals surface area (Å²) in [4.78, 5) is 7.13. The number of phenolic OH excluding ortho intramolecular Hbond substituents is 1. The maximum Gasteiger partial charge on any atom is 0.169 e. The van der Waals surface area contributed by atoms with E-state index in [0.717, 1.165) is 59.8 Å². The van der Waals surface area contributed by atoms with Crippen LogP contribution in [0.15, 0.2) is 34.9 Å². The fourth-order valence-electron chi connectivity index (χ4n) is 7.29. The van der Waals surface area contributed by atoms with Crippen molar-refractivity contribution in [1.29, 1.82) is 0 Å². The van der Waals surface area contributed by atoms with E-state index in [0.29, 0.717) is 12.2 Å². The first kappa shape index (κ1) is 17.0. The number of furan rings is 1. The normalized spacial score (nSPS) is 35.0. The van der Waals surface area contributed by atoms with Crippen LogP contribution in [0.5, 0.6) is 11.5 Å². The number of ether oxygens (including phenoxy) is 1. The first-order valence-corrected chi connectivity index (χ1v) is 11.4. The molecule has 2 aliphatic heterocycles. The van der Waals surface area contributed by atoms with Crippen LogP contribution in [0.2, 0.25) is 0 Å². The van der Waals surface area contributed by atoms with Gasteiger partial charge in [0.05, 0.1) is 11.0 Å². The van der Waals surface area contributed by atoms with Gasteiger partial charge in [-0.3, -0.25) is 9.88 Å². The zero-order valence-electron chi connectivity index (χ0n) is 17.2. The Kier molecular flexibility index (Phi) is 2.88. The van der Waals surface area contributed by atoms with Crippen LogP contribution in [0, 0.1) is 5.92 Å². The number of nitrogens with zero attached hydrogens (tertiary/aromatic N) is 2. The highest BCUT2D eigenvalue weighted by Crippen LogP contribution is 2.69. The van der Waals surface area contributed by atoms with E-state index in [-0.39, 0.29) is 11.8 Å². The van der Waals surface area contributed by atoms with Crippen molar-refractivity contribution >= 4 is 11.1 Å². The molecule has 158 valence electrons. The van der Waals surface area contributed by atoms with Crippen molar-refractivity contribution in [2.75, 3.05) is 13.1 Å². The number of hydrogen-bond acceptors (Lipinski definition) is 6. The Balaban J connectivity index is 1.43. The SMILES string of the molecule is Oc1ccc2c3c1O[C@H]1c4oc5cccnc5c4C[C@@]4(O)C(C2)N(CC2CC2)CC[C@]314. The molecule has 1 unspecified atom stereocenters. The van der Waals surface area contributed by atoms with Gasteiger partial charge in [-0.15, -0.1) is 0 Å². The predicted octanol–water partition coefficient (Wildman–Crippen LogP) is 3.23. The molecule has 1 saturated carbocycles. The highest BCUT2D eigenvalue weighted by atomic mass is 16.5. The van der Waals surface area contributed by atoms with E-state index >= 15 is 0 Å². The molecule has 4 atom stereocenters. The van der Waals surface area contributed by atoms with E-state index in [1.165, 1.54) is 18.4 Å². The molecule has 31 heavy (non-hydrogen) atoms. The van der Waals surface area contributed by atoms with Gasteiger partial charge >= 0.3 is 0 Å². The summed E-state index contributed by atoms with van der Waals surface area (Å²) in [5.74, 6) is 2.23. The number of phenols is 1. The third-order valence-corrected chi connectivity index (χ3v) is 8.77. The van der Waals surface area contributed by atoms with Gasteiger partial charge in [0, 0.05) is 36.3 Å². The summed E-state index contributed by atoms with van der Waals surface area (Å²) in [6, 6.07) is 7.61. The monoisotopic (exact) mass is 416 g/mol. The third kappa shape index (κ3) is 1.83. The number of hydrogen-bond donors (Lipinski definition) is 2. The number of benzene rings is 1. The molecule has 1 saturated heterocycles. The van der Waals surface area contributed by atoms with Crippen LogP contribution < -0.4 is 4.74 Å². The fourth-order valence-corrected chi connectivity index (χ4v) is 7.29. The Morgan fingerprint density at radius 2 is 2.13 bits per heavy atom. The summed E-state index contributed by atoms with van der Waals surface area (Å²) in [6.07, 6.45) is 6.02. The molecule has 2 aromatic heterocycles. The smallest absolute Gasteiger partial charge is 0.169 e. The van der Waals surface area contributed by atoms with Gasteiger partial charge in [-0.25, -0.2) is 0 Å². The zero-order valence-corrected chi connectivity index (χ0v) is 17.2. The van der Waals surface area contributed by atoms with Gasteiger partial charge in [-0.05, 0) is 61.9 Å². The van der Waals surface area contributed by atoms with Crippen LogP contribution in [0.4, 0.5) is 0 Å². The molecule has 2 N–H and O–H groups in total. The van der Waals surface area contributed by atoms with Crippen LogP contribution in [0.1, 0.15) is 47.8 Å². The summed E-state index contributed by atoms with van der Waals surface area (Å²) in [5, 5.41) is 23.4. The van der Waals surface area contributed by atoms with Crippen LogP contribution in [-0.4, -0.2) is 44.8 Å². The lowest BCUT2D eigenvalue weighted by Gasteiger charge is -2.62. The van der Waals surface area contributed by atoms with Crippen LogP contribution >= 0.6 is 0 Å². The highest BCUT2D eigenvalue weighted by Gasteiger charge is 2.73. The molecular formula is C25H24N2O4. The van der Waals surface area contributed by atoms with Gasteiger partial charge in [0.15, 0.2) is 28.9 Å². The predicted molar refractivity (Wildman–Crippen MR) is 112 cm³/mol. The molecule has 4 heterocycles. The average Bonchev–Trinajstić information content (AvgIpc) is 3.40. The second kappa shape index (κ2) is 5.25. The second-order valence-electron chi connectivity index (χ2n) is 10.2. The van der Waals surface area contributed by atoms with E-state index in [1.807, 2.05) is 18.2 Å². The zero-order chi connectivity index (χ0) is 20.5. The van der Waals surface area contributed by atoms with Gasteiger partial charge < -0.3 is 19.4 Å². The first-order chi connectivity index (χ1) is 15.1. The molecule has 3 aromatic rings. The summed E-state index contributed by atoms with van der Waals surface area (Å²) in [7, 11) is 0. The third-order valence-electron chi connectivity index (χ3n) is 8.77. The number of rotatable bonds is 2. The minimum absolute atomic E-state index is 0.0257. The van der Waals surface area contributed by atoms with E-state index in [9.17, 15) is 10.2 Å². The van der Waals surface area contributed by atoms with Crippen LogP contribution in [0.3, 0.4) is 0 Å². The van der Waals surface area contributed by atoms with E-state index < -0.39 is 17.1 Å². The van der Waals surface area contributed by atoms with Gasteiger partial charge in [-0.1, -0.05) is 6.07 Å². The van der Waals surface area contributed by atoms with Gasteiger partial charge in [0.25, 0.3) is 0 Å². The van der Waals surface area contributed by atoms with Crippen molar-refractivity contribution in [3.63, 3.8) is 0 Å². The lowest BCUT2D eigenvalue weighted by molar-refractivity contribution is -0.175. The number of aliphatic hydroxyl groups is 1. The Labute approximate surface area is 179 Å². The molecule has 1 spiro atoms. The van der Waals surface area contributed by atoms with Crippen molar-refractivity contribution in [2.45, 2.75) is 55.3 Å². The van der Waals surface area contributed by atoms with E-state index in [4.69, 9.17) is 9.15 Å². The number of aromatic nitrogens is 1. The Morgan fingerprint density at radius 3 is 3.00 bits per heavy atom. The van der Waals surface area contributed by atoms with Crippen molar-refractivity contribution < 1.29 is 19.4 Å². The second-order valence-corrected chi connectivity index (χ2v) is 10.2. The largest absolute Gasteiger partial charge is 0.504 e. The van der Waals surface area contributed by atoms with Crippen molar-refractivity contribution in [3.8, 4) is 11.5 Å². The van der Waals surface area contributed by atoms with Crippen molar-refractivity contribution in [2.24, 2.45) is 5.92 Å². The summed E-state index contributed by atoms with van der Waals surface area (Å²) in [5.41, 5.74) is 3.15. The van der Waals surface area contributed by atoms with Crippen LogP contribution in [0.25, 0.3) is 11.1 Å². The Morgan fingerprint density at radius 1 is 1.23 bits per heavy atom. The molecule has 2 bridgehead atoms. The summed E-state index contributed by atoms with van der Waals surface area (Å²) >= 11 is 0. The maximum atomic E-state index is 12.7. The number of pyridine rings is 1. The fraction of sp³-hybridized carbons (Fsp3) is 0.480. The summed E-state index contributed by atoms with van der Waals surface area (Å²) in [6.45, 7) is 2.00. The molecule has 0 radical (unpaired) electrons. The Hall–Kier alpha value is -2.57. The Bertz CT molecular complexity index is 1280. The highest BCUT2D eigenvalue weighted by molar-refractivity contribution is 5.80. The van der Waals surface area contributed by atoms with Gasteiger partial charge in [0.1, 0.15) is 5.52 Å². The number of likely N-dealkylation sites (tertiary alicyclic amines) is 1. The standard InChI is InChI=1S/C25H24N2O4/c28-16-6-5-14-10-18-25(29)11-15-20-17(2-1-8-26-20)30-21(15)23-24(25,19(14)22(16)31-23)7-9-27(18)12-13-3-4-13/h1-2,5-6,8,13,18,23,28-29H,3-4,7,9-12H2/t18?,23-,24-,25+/m0/s1. The number of fused-ring (bicyclic) bond motifs is 4. The molecule has 3 aliphatic carbocycles. The molecule has 8 rings (SSSR count). The summed E-state index contributed by atoms with van der Waals surface area (Å²) < 4.78 is 12.8. The maximum absolute atomic E-state index is 12.7. The topological polar surface area (TPSA) is 79.0 Å². The van der Waals surface area contributed by atoms with Crippen molar-refractivity contribution in [1.82, 2.24) is 9.88 Å². The quantitative estimate of drug-likeness (QED) is 0.668. The molecule has 6 nitrogen and oxygen atoms in total. The van der Waals surface area contributed by atoms with Gasteiger partial charge in [-0.2, -0.15) is 0 Å². The van der Waals surface area contributed by atoms with Crippen molar-refractivity contribution in [3.05, 3.63) is 52.9 Å². The van der Waals surface area contributed by atoms with Crippen LogP contribution in [-0.2, 0) is 18.3 Å². The molecule has 2 fully saturated rings. The average molecular weight is 416 g/mol. The van der Waals surface area contributed by atoms with Gasteiger partial charge in [0.2, 0.25) is 0 Å². The molecule has 1 aromatic carbocycles. The minimum atomic E-state index is -0.988. The molecule has 6 heteroatoms. The number of aromatic hydroxyl groups is 1. The minimum Gasteiger partial charge on any atom is -0.504 e. The lowest BCUT2D eigenvalue weighted by Crippen LogP contribution is -2.74. The first-order valence-electron chi connectivity index (χ1n) is 11.4. The number of piperidine rings is 1. The molecule has 0 amide bonds. The van der Waals surface area contributed by atoms with E-state index in [1.54, 1.807) is 12.3 Å².